The first-order valence-electron chi connectivity index (χ1n) is 7.53. The molecule has 1 aliphatic heterocycles. The van der Waals surface area contributed by atoms with E-state index in [1.165, 1.54) is 5.56 Å². The van der Waals surface area contributed by atoms with Gasteiger partial charge in [0, 0.05) is 12.1 Å². The molecule has 1 aromatic rings. The zero-order valence-corrected chi connectivity index (χ0v) is 13.0. The minimum Gasteiger partial charge on any atom is -0.351 e. The van der Waals surface area contributed by atoms with Gasteiger partial charge in [0.2, 0.25) is 5.91 Å². The van der Waals surface area contributed by atoms with Crippen LogP contribution in [0.15, 0.2) is 24.3 Å². The maximum Gasteiger partial charge on any atom is 0.230 e. The molecular formula is C17H26N2O. The van der Waals surface area contributed by atoms with Crippen LogP contribution in [-0.4, -0.2) is 24.5 Å². The van der Waals surface area contributed by atoms with Crippen LogP contribution in [0.5, 0.6) is 0 Å². The standard InChI is InChI=1S/C17H26N2O/c1-12-8-5-6-9-14(12)17(3,4)16(20)19-15-10-7-11-18-13(15)2/h5-6,8-9,13,15,18H,7,10-11H2,1-4H3,(H,19,20). The normalized spacial score (nSPS) is 23.4. The highest BCUT2D eigenvalue weighted by molar-refractivity contribution is 5.88. The highest BCUT2D eigenvalue weighted by Crippen LogP contribution is 2.27. The molecule has 0 saturated carbocycles. The van der Waals surface area contributed by atoms with Crippen LogP contribution < -0.4 is 10.6 Å². The summed E-state index contributed by atoms with van der Waals surface area (Å²) in [5.41, 5.74) is 1.78. The summed E-state index contributed by atoms with van der Waals surface area (Å²) in [7, 11) is 0. The number of amides is 1. The fraction of sp³-hybridized carbons (Fsp3) is 0.588. The van der Waals surface area contributed by atoms with Crippen LogP contribution in [0.3, 0.4) is 0 Å². The zero-order chi connectivity index (χ0) is 14.8. The second-order valence-corrected chi connectivity index (χ2v) is 6.40. The highest BCUT2D eigenvalue weighted by atomic mass is 16.2. The van der Waals surface area contributed by atoms with Gasteiger partial charge < -0.3 is 10.6 Å². The molecular weight excluding hydrogens is 248 g/mol. The van der Waals surface area contributed by atoms with E-state index in [1.807, 2.05) is 26.0 Å². The monoisotopic (exact) mass is 274 g/mol. The fourth-order valence-corrected chi connectivity index (χ4v) is 2.99. The lowest BCUT2D eigenvalue weighted by atomic mass is 9.80. The molecule has 2 rings (SSSR count). The first-order valence-corrected chi connectivity index (χ1v) is 7.53. The first kappa shape index (κ1) is 15.0. The number of carbonyl (C=O) groups excluding carboxylic acids is 1. The third-order valence-electron chi connectivity index (χ3n) is 4.46. The Bertz CT molecular complexity index is 482. The van der Waals surface area contributed by atoms with Gasteiger partial charge in [0.15, 0.2) is 0 Å². The summed E-state index contributed by atoms with van der Waals surface area (Å²) in [5, 5.41) is 6.66. The van der Waals surface area contributed by atoms with Crippen LogP contribution >= 0.6 is 0 Å². The van der Waals surface area contributed by atoms with Crippen molar-refractivity contribution in [3.8, 4) is 0 Å². The number of benzene rings is 1. The molecule has 1 fully saturated rings. The lowest BCUT2D eigenvalue weighted by Crippen LogP contribution is -2.55. The van der Waals surface area contributed by atoms with Crippen LogP contribution in [0.2, 0.25) is 0 Å². The minimum atomic E-state index is -0.498. The van der Waals surface area contributed by atoms with Gasteiger partial charge in [-0.15, -0.1) is 0 Å². The van der Waals surface area contributed by atoms with E-state index in [2.05, 4.69) is 36.6 Å². The summed E-state index contributed by atoms with van der Waals surface area (Å²) in [6.07, 6.45) is 2.18. The molecule has 0 bridgehead atoms. The molecule has 3 nitrogen and oxygen atoms in total. The summed E-state index contributed by atoms with van der Waals surface area (Å²) in [4.78, 5) is 12.7. The van der Waals surface area contributed by atoms with Gasteiger partial charge in [-0.05, 0) is 58.2 Å². The second-order valence-electron chi connectivity index (χ2n) is 6.40. The number of hydrogen-bond acceptors (Lipinski definition) is 2. The summed E-state index contributed by atoms with van der Waals surface area (Å²) in [5.74, 6) is 0.118. The van der Waals surface area contributed by atoms with Gasteiger partial charge in [-0.25, -0.2) is 0 Å². The molecule has 1 heterocycles. The predicted octanol–water partition coefficient (Wildman–Crippen LogP) is 2.53. The molecule has 110 valence electrons. The first-order chi connectivity index (χ1) is 9.43. The molecule has 2 N–H and O–H groups in total. The maximum atomic E-state index is 12.7. The lowest BCUT2D eigenvalue weighted by Gasteiger charge is -2.34. The van der Waals surface area contributed by atoms with Crippen molar-refractivity contribution >= 4 is 5.91 Å². The van der Waals surface area contributed by atoms with E-state index < -0.39 is 5.41 Å². The van der Waals surface area contributed by atoms with Crippen LogP contribution in [0, 0.1) is 6.92 Å². The summed E-state index contributed by atoms with van der Waals surface area (Å²) in [6.45, 7) is 9.27. The SMILES string of the molecule is Cc1ccccc1C(C)(C)C(=O)NC1CCCNC1C. The van der Waals surface area contributed by atoms with Gasteiger partial charge in [-0.2, -0.15) is 0 Å². The van der Waals surface area contributed by atoms with Crippen molar-refractivity contribution in [1.29, 1.82) is 0 Å². The van der Waals surface area contributed by atoms with Crippen molar-refractivity contribution < 1.29 is 4.79 Å². The highest BCUT2D eigenvalue weighted by Gasteiger charge is 2.33. The Hall–Kier alpha value is -1.35. The van der Waals surface area contributed by atoms with Crippen molar-refractivity contribution in [2.45, 2.75) is 58.0 Å². The number of carbonyl (C=O) groups is 1. The van der Waals surface area contributed by atoms with Crippen molar-refractivity contribution in [3.05, 3.63) is 35.4 Å². The Kier molecular flexibility index (Phi) is 4.48. The number of aryl methyl sites for hydroxylation is 1. The van der Waals surface area contributed by atoms with Crippen molar-refractivity contribution in [1.82, 2.24) is 10.6 Å². The Labute approximate surface area is 122 Å². The van der Waals surface area contributed by atoms with Gasteiger partial charge >= 0.3 is 0 Å². The van der Waals surface area contributed by atoms with Crippen molar-refractivity contribution in [2.24, 2.45) is 0 Å². The van der Waals surface area contributed by atoms with Crippen LogP contribution in [0.25, 0.3) is 0 Å². The summed E-state index contributed by atoms with van der Waals surface area (Å²) >= 11 is 0. The lowest BCUT2D eigenvalue weighted by molar-refractivity contribution is -0.126. The Morgan fingerprint density at radius 2 is 2.05 bits per heavy atom. The molecule has 1 amide bonds. The predicted molar refractivity (Wildman–Crippen MR) is 82.8 cm³/mol. The largest absolute Gasteiger partial charge is 0.351 e. The smallest absolute Gasteiger partial charge is 0.230 e. The van der Waals surface area contributed by atoms with E-state index in [9.17, 15) is 4.79 Å². The molecule has 2 unspecified atom stereocenters. The summed E-state index contributed by atoms with van der Waals surface area (Å²) in [6, 6.07) is 8.72. The van der Waals surface area contributed by atoms with E-state index in [1.54, 1.807) is 0 Å². The molecule has 2 atom stereocenters. The average molecular weight is 274 g/mol. The molecule has 0 radical (unpaired) electrons. The molecule has 1 aliphatic rings. The Morgan fingerprint density at radius 1 is 1.35 bits per heavy atom. The van der Waals surface area contributed by atoms with E-state index in [0.717, 1.165) is 24.9 Å². The minimum absolute atomic E-state index is 0.118. The van der Waals surface area contributed by atoms with Crippen molar-refractivity contribution in [2.75, 3.05) is 6.54 Å². The topological polar surface area (TPSA) is 41.1 Å². The molecule has 0 aromatic heterocycles. The number of nitrogens with one attached hydrogen (secondary N) is 2. The van der Waals surface area contributed by atoms with Crippen LogP contribution in [-0.2, 0) is 10.2 Å². The Morgan fingerprint density at radius 3 is 2.70 bits per heavy atom. The molecule has 20 heavy (non-hydrogen) atoms. The van der Waals surface area contributed by atoms with E-state index >= 15 is 0 Å². The van der Waals surface area contributed by atoms with Crippen LogP contribution in [0.1, 0.15) is 44.7 Å². The third-order valence-corrected chi connectivity index (χ3v) is 4.46. The average Bonchev–Trinajstić information content (AvgIpc) is 2.41. The quantitative estimate of drug-likeness (QED) is 0.889. The number of hydrogen-bond donors (Lipinski definition) is 2. The van der Waals surface area contributed by atoms with Crippen LogP contribution in [0.4, 0.5) is 0 Å². The maximum absolute atomic E-state index is 12.7. The molecule has 3 heteroatoms. The number of piperidine rings is 1. The molecule has 1 aromatic carbocycles. The summed E-state index contributed by atoms with van der Waals surface area (Å²) < 4.78 is 0. The third kappa shape index (κ3) is 3.04. The van der Waals surface area contributed by atoms with Crippen molar-refractivity contribution in [3.63, 3.8) is 0 Å². The molecule has 0 aliphatic carbocycles. The Balaban J connectivity index is 2.13. The molecule has 0 spiro atoms. The van der Waals surface area contributed by atoms with E-state index in [-0.39, 0.29) is 11.9 Å². The second kappa shape index (κ2) is 5.96. The van der Waals surface area contributed by atoms with Gasteiger partial charge in [0.05, 0.1) is 5.41 Å². The molecule has 1 saturated heterocycles. The van der Waals surface area contributed by atoms with Gasteiger partial charge in [0.1, 0.15) is 0 Å². The van der Waals surface area contributed by atoms with Gasteiger partial charge in [0.25, 0.3) is 0 Å². The zero-order valence-electron chi connectivity index (χ0n) is 13.0. The number of rotatable bonds is 3. The van der Waals surface area contributed by atoms with Gasteiger partial charge in [-0.1, -0.05) is 24.3 Å². The van der Waals surface area contributed by atoms with E-state index in [4.69, 9.17) is 0 Å². The fourth-order valence-electron chi connectivity index (χ4n) is 2.99. The van der Waals surface area contributed by atoms with Gasteiger partial charge in [-0.3, -0.25) is 4.79 Å². The van der Waals surface area contributed by atoms with E-state index in [0.29, 0.717) is 6.04 Å².